The lowest BCUT2D eigenvalue weighted by Gasteiger charge is -2.63. The quantitative estimate of drug-likeness (QED) is 0.345. The molecule has 0 aliphatic carbocycles. The molecule has 1 nitrogen and oxygen atoms in total. The van der Waals surface area contributed by atoms with Crippen LogP contribution in [0.5, 0.6) is 0 Å². The van der Waals surface area contributed by atoms with Gasteiger partial charge in [0, 0.05) is 16.5 Å². The second kappa shape index (κ2) is 7.59. The van der Waals surface area contributed by atoms with Crippen LogP contribution in [0.15, 0.2) is 24.3 Å². The van der Waals surface area contributed by atoms with Crippen molar-refractivity contribution in [3.63, 3.8) is 0 Å². The average molecular weight is 363 g/mol. The first-order valence-corrected chi connectivity index (χ1v) is 12.1. The van der Waals surface area contributed by atoms with E-state index in [1.807, 2.05) is 0 Å². The summed E-state index contributed by atoms with van der Waals surface area (Å²) in [5, 5.41) is -0.0723. The van der Waals surface area contributed by atoms with Gasteiger partial charge >= 0.3 is 0 Å². The third-order valence-corrected chi connectivity index (χ3v) is 12.5. The molecule has 142 valence electrons. The Morgan fingerprint density at radius 1 is 0.920 bits per heavy atom. The first-order valence-electron chi connectivity index (χ1n) is 10.2. The maximum Gasteiger partial charge on any atom is 0.103 e. The Morgan fingerprint density at radius 3 is 1.96 bits per heavy atom. The molecule has 0 radical (unpaired) electrons. The van der Waals surface area contributed by atoms with E-state index in [4.69, 9.17) is 0 Å². The number of rotatable bonds is 8. The van der Waals surface area contributed by atoms with Crippen molar-refractivity contribution in [3.05, 3.63) is 35.4 Å². The molecule has 0 bridgehead atoms. The molecular weight excluding hydrogens is 323 g/mol. The summed E-state index contributed by atoms with van der Waals surface area (Å²) < 4.78 is 13.7. The second-order valence-electron chi connectivity index (χ2n) is 9.74. The third-order valence-electron chi connectivity index (χ3n) is 7.16. The summed E-state index contributed by atoms with van der Waals surface area (Å²) in [6, 6.07) is 8.96. The summed E-state index contributed by atoms with van der Waals surface area (Å²) in [5.41, 5.74) is 2.67. The van der Waals surface area contributed by atoms with Crippen molar-refractivity contribution in [1.82, 2.24) is 0 Å². The zero-order chi connectivity index (χ0) is 18.9. The molecule has 0 N–H and O–H groups in total. The van der Waals surface area contributed by atoms with Crippen LogP contribution in [0.3, 0.4) is 0 Å². The van der Waals surface area contributed by atoms with Crippen LogP contribution in [0.4, 0.5) is 0 Å². The monoisotopic (exact) mass is 362 g/mol. The fourth-order valence-electron chi connectivity index (χ4n) is 4.70. The van der Waals surface area contributed by atoms with Crippen LogP contribution in [0.2, 0.25) is 0 Å². The molecule has 0 spiro atoms. The van der Waals surface area contributed by atoms with Crippen molar-refractivity contribution in [2.45, 2.75) is 97.0 Å². The molecule has 1 aromatic rings. The maximum absolute atomic E-state index is 13.7. The summed E-state index contributed by atoms with van der Waals surface area (Å²) >= 11 is 0. The minimum Gasteiger partial charge on any atom is -0.322 e. The van der Waals surface area contributed by atoms with E-state index in [-0.39, 0.29) is 10.3 Å². The second-order valence-corrected chi connectivity index (χ2v) is 13.8. The molecule has 25 heavy (non-hydrogen) atoms. The fourth-order valence-corrected chi connectivity index (χ4v) is 9.42. The highest BCUT2D eigenvalue weighted by Gasteiger charge is 2.67. The van der Waals surface area contributed by atoms with Crippen LogP contribution in [-0.4, -0.2) is 10.3 Å². The van der Waals surface area contributed by atoms with Crippen LogP contribution in [-0.2, 0) is 17.1 Å². The molecular formula is C23H39OP. The first kappa shape index (κ1) is 20.8. The van der Waals surface area contributed by atoms with Gasteiger partial charge in [0.05, 0.1) is 0 Å². The van der Waals surface area contributed by atoms with E-state index >= 15 is 0 Å². The molecule has 1 fully saturated rings. The van der Waals surface area contributed by atoms with Crippen molar-refractivity contribution < 1.29 is 4.57 Å². The minimum atomic E-state index is -2.23. The molecule has 1 aliphatic rings. The highest BCUT2D eigenvalue weighted by Crippen LogP contribution is 2.83. The Bertz CT molecular complexity index is 589. The van der Waals surface area contributed by atoms with E-state index in [1.54, 1.807) is 0 Å². The van der Waals surface area contributed by atoms with Crippen LogP contribution in [0, 0.1) is 11.8 Å². The molecule has 1 aromatic carbocycles. The molecule has 0 aromatic heterocycles. The zero-order valence-corrected chi connectivity index (χ0v) is 18.5. The summed E-state index contributed by atoms with van der Waals surface area (Å²) in [5.74, 6) is 1.33. The summed E-state index contributed by atoms with van der Waals surface area (Å²) in [7, 11) is -2.23. The van der Waals surface area contributed by atoms with Gasteiger partial charge in [0.25, 0.3) is 0 Å². The molecule has 0 unspecified atom stereocenters. The largest absolute Gasteiger partial charge is 0.322 e. The van der Waals surface area contributed by atoms with Crippen molar-refractivity contribution in [2.24, 2.45) is 11.8 Å². The van der Waals surface area contributed by atoms with Crippen LogP contribution >= 0.6 is 7.14 Å². The van der Waals surface area contributed by atoms with Crippen molar-refractivity contribution in [1.29, 1.82) is 0 Å². The summed E-state index contributed by atoms with van der Waals surface area (Å²) in [4.78, 5) is 0. The zero-order valence-electron chi connectivity index (χ0n) is 17.6. The van der Waals surface area contributed by atoms with Crippen molar-refractivity contribution >= 4 is 7.14 Å². The van der Waals surface area contributed by atoms with E-state index in [0.29, 0.717) is 5.92 Å². The van der Waals surface area contributed by atoms with Crippen molar-refractivity contribution in [2.75, 3.05) is 0 Å². The van der Waals surface area contributed by atoms with E-state index in [9.17, 15) is 4.57 Å². The lowest BCUT2D eigenvalue weighted by atomic mass is 9.83. The Morgan fingerprint density at radius 2 is 1.44 bits per heavy atom. The third kappa shape index (κ3) is 3.92. The molecule has 1 aliphatic heterocycles. The Hall–Kier alpha value is -0.550. The topological polar surface area (TPSA) is 17.1 Å². The summed E-state index contributed by atoms with van der Waals surface area (Å²) in [6.07, 6.45) is 7.23. The highest BCUT2D eigenvalue weighted by atomic mass is 31.2. The maximum atomic E-state index is 13.7. The van der Waals surface area contributed by atoms with Gasteiger partial charge < -0.3 is 4.57 Å². The Labute approximate surface area is 156 Å². The van der Waals surface area contributed by atoms with Crippen LogP contribution < -0.4 is 0 Å². The summed E-state index contributed by atoms with van der Waals surface area (Å²) in [6.45, 7) is 15.7. The Balaban J connectivity index is 1.92. The first-order chi connectivity index (χ1) is 11.5. The van der Waals surface area contributed by atoms with Gasteiger partial charge in [-0.25, -0.2) is 0 Å². The van der Waals surface area contributed by atoms with E-state index in [1.165, 1.54) is 43.2 Å². The van der Waals surface area contributed by atoms with Crippen LogP contribution in [0.25, 0.3) is 0 Å². The van der Waals surface area contributed by atoms with E-state index in [0.717, 1.165) is 12.1 Å². The van der Waals surface area contributed by atoms with Crippen LogP contribution in [0.1, 0.15) is 85.3 Å². The smallest absolute Gasteiger partial charge is 0.103 e. The standard InChI is InChI=1S/C23H39OP/c1-18(2)11-9-8-10-12-20-13-15-21(16-14-20)17-25(24)22(4,5)19(3)23(25,6)7/h13-16,18-19H,8-12,17H2,1-7H3. The number of unbranched alkanes of at least 4 members (excludes halogenated alkanes) is 2. The average Bonchev–Trinajstić information content (AvgIpc) is 2.54. The Kier molecular flexibility index (Phi) is 6.31. The van der Waals surface area contributed by atoms with E-state index < -0.39 is 7.14 Å². The predicted octanol–water partition coefficient (Wildman–Crippen LogP) is 7.52. The molecule has 2 heteroatoms. The number of hydrogen-bond acceptors (Lipinski definition) is 1. The van der Waals surface area contributed by atoms with Gasteiger partial charge in [-0.3, -0.25) is 0 Å². The van der Waals surface area contributed by atoms with E-state index in [2.05, 4.69) is 72.7 Å². The van der Waals surface area contributed by atoms with Gasteiger partial charge in [-0.05, 0) is 35.8 Å². The van der Waals surface area contributed by atoms with Crippen molar-refractivity contribution in [3.8, 4) is 0 Å². The fraction of sp³-hybridized carbons (Fsp3) is 0.739. The van der Waals surface area contributed by atoms with Gasteiger partial charge in [0.15, 0.2) is 0 Å². The molecule has 0 atom stereocenters. The minimum absolute atomic E-state index is 0.0361. The molecule has 1 saturated heterocycles. The molecule has 1 heterocycles. The highest BCUT2D eigenvalue weighted by molar-refractivity contribution is 7.68. The normalized spacial score (nSPS) is 27.3. The number of hydrogen-bond donors (Lipinski definition) is 0. The van der Waals surface area contributed by atoms with Gasteiger partial charge in [-0.2, -0.15) is 0 Å². The lowest BCUT2D eigenvalue weighted by molar-refractivity contribution is 0.268. The SMILES string of the molecule is CC(C)CCCCCc1ccc(CP2(=O)C(C)(C)C(C)C2(C)C)cc1. The van der Waals surface area contributed by atoms with Gasteiger partial charge in [-0.1, -0.05) is 92.0 Å². The predicted molar refractivity (Wildman–Crippen MR) is 112 cm³/mol. The number of aryl methyl sites for hydroxylation is 1. The molecule has 0 saturated carbocycles. The molecule has 0 amide bonds. The number of benzene rings is 1. The molecule has 2 rings (SSSR count). The van der Waals surface area contributed by atoms with Gasteiger partial charge in [0.1, 0.15) is 7.14 Å². The lowest BCUT2D eigenvalue weighted by Crippen LogP contribution is -2.57. The van der Waals surface area contributed by atoms with Gasteiger partial charge in [-0.15, -0.1) is 0 Å². The van der Waals surface area contributed by atoms with Gasteiger partial charge in [0.2, 0.25) is 0 Å².